The van der Waals surface area contributed by atoms with Gasteiger partial charge in [0.1, 0.15) is 5.57 Å². The van der Waals surface area contributed by atoms with Crippen molar-refractivity contribution in [3.8, 4) is 11.8 Å². The van der Waals surface area contributed by atoms with E-state index in [1.165, 1.54) is 0 Å². The first-order valence-electron chi connectivity index (χ1n) is 3.45. The van der Waals surface area contributed by atoms with Crippen LogP contribution in [0, 0.1) is 17.8 Å². The van der Waals surface area contributed by atoms with Gasteiger partial charge >= 0.3 is 5.97 Å². The van der Waals surface area contributed by atoms with Gasteiger partial charge in [0.25, 0.3) is 0 Å². The zero-order valence-electron chi connectivity index (χ0n) is 7.01. The van der Waals surface area contributed by atoms with Crippen molar-refractivity contribution in [3.63, 3.8) is 0 Å². The lowest BCUT2D eigenvalue weighted by Crippen LogP contribution is -1.99. The zero-order valence-corrected chi connectivity index (χ0v) is 7.01. The molecule has 0 aromatic heterocycles. The van der Waals surface area contributed by atoms with Gasteiger partial charge in [-0.25, -0.2) is 4.79 Å². The van der Waals surface area contributed by atoms with Gasteiger partial charge in [0.15, 0.2) is 0 Å². The van der Waals surface area contributed by atoms with E-state index < -0.39 is 5.97 Å². The van der Waals surface area contributed by atoms with E-state index in [1.54, 1.807) is 13.0 Å². The highest BCUT2D eigenvalue weighted by atomic mass is 16.4. The first-order chi connectivity index (χ1) is 5.07. The van der Waals surface area contributed by atoms with Crippen LogP contribution in [0.25, 0.3) is 0 Å². The Morgan fingerprint density at radius 1 is 1.55 bits per heavy atom. The van der Waals surface area contributed by atoms with Gasteiger partial charge in [0, 0.05) is 0 Å². The van der Waals surface area contributed by atoms with Crippen molar-refractivity contribution in [1.82, 2.24) is 0 Å². The van der Waals surface area contributed by atoms with Gasteiger partial charge in [-0.3, -0.25) is 0 Å². The van der Waals surface area contributed by atoms with Crippen molar-refractivity contribution in [1.29, 1.82) is 0 Å². The van der Waals surface area contributed by atoms with E-state index >= 15 is 0 Å². The number of carbonyl (C=O) groups is 1. The summed E-state index contributed by atoms with van der Waals surface area (Å²) in [6.45, 7) is 5.46. The first-order valence-corrected chi connectivity index (χ1v) is 3.45. The maximum atomic E-state index is 10.5. The summed E-state index contributed by atoms with van der Waals surface area (Å²) in [7, 11) is 0. The number of allylic oxidation sites excluding steroid dienone is 1. The zero-order chi connectivity index (χ0) is 8.85. The summed E-state index contributed by atoms with van der Waals surface area (Å²) in [6.07, 6.45) is 1.64. The minimum Gasteiger partial charge on any atom is -0.477 e. The Labute approximate surface area is 66.9 Å². The highest BCUT2D eigenvalue weighted by Crippen LogP contribution is 2.00. The molecule has 0 amide bonds. The second-order valence-corrected chi connectivity index (χ2v) is 2.50. The molecule has 0 radical (unpaired) electrons. The third-order valence-electron chi connectivity index (χ3n) is 0.990. The van der Waals surface area contributed by atoms with Crippen LogP contribution in [0.4, 0.5) is 0 Å². The molecular weight excluding hydrogens is 140 g/mol. The average Bonchev–Trinajstić information content (AvgIpc) is 1.86. The molecule has 0 saturated carbocycles. The first kappa shape index (κ1) is 9.77. The highest BCUT2D eigenvalue weighted by Gasteiger charge is 2.02. The Hall–Kier alpha value is -1.23. The van der Waals surface area contributed by atoms with Gasteiger partial charge in [-0.15, -0.1) is 5.92 Å². The molecule has 0 heterocycles. The lowest BCUT2D eigenvalue weighted by atomic mass is 10.1. The van der Waals surface area contributed by atoms with E-state index in [4.69, 9.17) is 5.11 Å². The summed E-state index contributed by atoms with van der Waals surface area (Å²) in [4.78, 5) is 10.5. The van der Waals surface area contributed by atoms with Crippen LogP contribution in [0.5, 0.6) is 0 Å². The van der Waals surface area contributed by atoms with Gasteiger partial charge in [0.2, 0.25) is 0 Å². The largest absolute Gasteiger partial charge is 0.477 e. The number of carboxylic acids is 1. The molecule has 2 nitrogen and oxygen atoms in total. The molecule has 0 unspecified atom stereocenters. The van der Waals surface area contributed by atoms with Crippen molar-refractivity contribution in [2.75, 3.05) is 0 Å². The summed E-state index contributed by atoms with van der Waals surface area (Å²) in [6, 6.07) is 0. The molecule has 0 aliphatic carbocycles. The smallest absolute Gasteiger partial charge is 0.343 e. The monoisotopic (exact) mass is 152 g/mol. The van der Waals surface area contributed by atoms with Gasteiger partial charge < -0.3 is 5.11 Å². The molecule has 0 aromatic rings. The van der Waals surface area contributed by atoms with Crippen LogP contribution in [-0.2, 0) is 4.79 Å². The van der Waals surface area contributed by atoms with Gasteiger partial charge in [-0.2, -0.15) is 0 Å². The van der Waals surface area contributed by atoms with Crippen LogP contribution < -0.4 is 0 Å². The Bertz CT molecular complexity index is 226. The van der Waals surface area contributed by atoms with Gasteiger partial charge in [-0.05, 0) is 12.8 Å². The van der Waals surface area contributed by atoms with Gasteiger partial charge in [-0.1, -0.05) is 25.8 Å². The standard InChI is InChI=1S/C9H12O2/c1-4-5-8(9(10)11)6-7(2)3/h6-7H,1-3H3,(H,10,11)/b8-6+. The van der Waals surface area contributed by atoms with E-state index in [9.17, 15) is 4.79 Å². The molecule has 0 aliphatic rings. The molecule has 2 heteroatoms. The van der Waals surface area contributed by atoms with Crippen LogP contribution >= 0.6 is 0 Å². The van der Waals surface area contributed by atoms with Crippen molar-refractivity contribution in [2.24, 2.45) is 5.92 Å². The number of rotatable bonds is 2. The Morgan fingerprint density at radius 2 is 2.09 bits per heavy atom. The normalized spacial score (nSPS) is 10.7. The minimum absolute atomic E-state index is 0.183. The Balaban J connectivity index is 4.55. The minimum atomic E-state index is -0.951. The lowest BCUT2D eigenvalue weighted by molar-refractivity contribution is -0.132. The van der Waals surface area contributed by atoms with E-state index in [2.05, 4.69) is 11.8 Å². The summed E-state index contributed by atoms with van der Waals surface area (Å²) in [5, 5.41) is 8.58. The quantitative estimate of drug-likeness (QED) is 0.482. The van der Waals surface area contributed by atoms with Crippen LogP contribution in [0.3, 0.4) is 0 Å². The summed E-state index contributed by atoms with van der Waals surface area (Å²) in [5.41, 5.74) is 0.183. The predicted octanol–water partition coefficient (Wildman–Crippen LogP) is 1.68. The maximum Gasteiger partial charge on any atom is 0.343 e. The Kier molecular flexibility index (Phi) is 4.05. The van der Waals surface area contributed by atoms with E-state index in [0.717, 1.165) is 0 Å². The van der Waals surface area contributed by atoms with Crippen molar-refractivity contribution in [3.05, 3.63) is 11.6 Å². The molecule has 0 atom stereocenters. The van der Waals surface area contributed by atoms with Crippen molar-refractivity contribution < 1.29 is 9.90 Å². The number of aliphatic carboxylic acids is 1. The SMILES string of the molecule is CC#C/C(=C\C(C)C)C(=O)O. The fourth-order valence-electron chi connectivity index (χ4n) is 0.634. The molecule has 0 bridgehead atoms. The average molecular weight is 152 g/mol. The summed E-state index contributed by atoms with van der Waals surface area (Å²) in [5.74, 6) is 4.35. The van der Waals surface area contributed by atoms with E-state index in [-0.39, 0.29) is 11.5 Å². The fraction of sp³-hybridized carbons (Fsp3) is 0.444. The summed E-state index contributed by atoms with van der Waals surface area (Å²) >= 11 is 0. The number of hydrogen-bond acceptors (Lipinski definition) is 1. The van der Waals surface area contributed by atoms with E-state index in [1.807, 2.05) is 13.8 Å². The van der Waals surface area contributed by atoms with Crippen molar-refractivity contribution >= 4 is 5.97 Å². The molecule has 11 heavy (non-hydrogen) atoms. The molecule has 0 saturated heterocycles. The van der Waals surface area contributed by atoms with E-state index in [0.29, 0.717) is 0 Å². The number of hydrogen-bond donors (Lipinski definition) is 1. The fourth-order valence-corrected chi connectivity index (χ4v) is 0.634. The molecular formula is C9H12O2. The second kappa shape index (κ2) is 4.56. The van der Waals surface area contributed by atoms with Gasteiger partial charge in [0.05, 0.1) is 0 Å². The van der Waals surface area contributed by atoms with Crippen LogP contribution in [0.2, 0.25) is 0 Å². The molecule has 0 aliphatic heterocycles. The third kappa shape index (κ3) is 4.21. The second-order valence-electron chi connectivity index (χ2n) is 2.50. The lowest BCUT2D eigenvalue weighted by Gasteiger charge is -1.95. The molecule has 1 N–H and O–H groups in total. The molecule has 0 spiro atoms. The Morgan fingerprint density at radius 3 is 2.36 bits per heavy atom. The molecule has 0 fully saturated rings. The molecule has 0 rings (SSSR count). The summed E-state index contributed by atoms with van der Waals surface area (Å²) < 4.78 is 0. The molecule has 0 aromatic carbocycles. The van der Waals surface area contributed by atoms with Crippen LogP contribution in [-0.4, -0.2) is 11.1 Å². The van der Waals surface area contributed by atoms with Crippen molar-refractivity contribution in [2.45, 2.75) is 20.8 Å². The predicted molar refractivity (Wildman–Crippen MR) is 44.0 cm³/mol. The third-order valence-corrected chi connectivity index (χ3v) is 0.990. The molecule has 60 valence electrons. The highest BCUT2D eigenvalue weighted by molar-refractivity contribution is 5.91. The topological polar surface area (TPSA) is 37.3 Å². The maximum absolute atomic E-state index is 10.5. The van der Waals surface area contributed by atoms with Crippen LogP contribution in [0.15, 0.2) is 11.6 Å². The van der Waals surface area contributed by atoms with Crippen LogP contribution in [0.1, 0.15) is 20.8 Å². The number of carboxylic acid groups (broad SMARTS) is 1.